The number of likely N-dealkylation sites (tertiary alicyclic amines) is 1. The summed E-state index contributed by atoms with van der Waals surface area (Å²) in [6.07, 6.45) is 3.96. The number of nitrogens with zero attached hydrogens (tertiary/aromatic N) is 2. The minimum absolute atomic E-state index is 0.768. The molecule has 1 fully saturated rings. The molecule has 1 aromatic rings. The Kier molecular flexibility index (Phi) is 5.14. The van der Waals surface area contributed by atoms with Crippen molar-refractivity contribution in [3.05, 3.63) is 29.6 Å². The Morgan fingerprint density at radius 3 is 2.94 bits per heavy atom. The van der Waals surface area contributed by atoms with Gasteiger partial charge in [-0.25, -0.2) is 0 Å². The molecule has 1 saturated heterocycles. The summed E-state index contributed by atoms with van der Waals surface area (Å²) in [6.45, 7) is 8.53. The van der Waals surface area contributed by atoms with E-state index in [2.05, 4.69) is 42.3 Å². The molecule has 0 saturated carbocycles. The second-order valence-corrected chi connectivity index (χ2v) is 5.08. The summed E-state index contributed by atoms with van der Waals surface area (Å²) in [5.41, 5.74) is 2.37. The predicted molar refractivity (Wildman–Crippen MR) is 75.3 cm³/mol. The first-order chi connectivity index (χ1) is 8.83. The van der Waals surface area contributed by atoms with E-state index in [9.17, 15) is 0 Å². The molecule has 0 bridgehead atoms. The lowest BCUT2D eigenvalue weighted by Gasteiger charge is -2.22. The lowest BCUT2D eigenvalue weighted by Crippen LogP contribution is -2.28. The zero-order valence-electron chi connectivity index (χ0n) is 11.7. The van der Waals surface area contributed by atoms with Crippen molar-refractivity contribution < 1.29 is 0 Å². The Morgan fingerprint density at radius 1 is 1.33 bits per heavy atom. The van der Waals surface area contributed by atoms with Crippen LogP contribution in [-0.2, 0) is 13.1 Å². The molecule has 0 aromatic carbocycles. The third-order valence-electron chi connectivity index (χ3n) is 3.76. The summed E-state index contributed by atoms with van der Waals surface area (Å²) < 4.78 is 0. The monoisotopic (exact) mass is 247 g/mol. The molecule has 1 unspecified atom stereocenters. The van der Waals surface area contributed by atoms with Crippen LogP contribution in [0.5, 0.6) is 0 Å². The van der Waals surface area contributed by atoms with Gasteiger partial charge >= 0.3 is 0 Å². The van der Waals surface area contributed by atoms with Gasteiger partial charge in [0.1, 0.15) is 0 Å². The van der Waals surface area contributed by atoms with Crippen molar-refractivity contribution in [3.63, 3.8) is 0 Å². The van der Waals surface area contributed by atoms with Gasteiger partial charge in [-0.3, -0.25) is 9.88 Å². The van der Waals surface area contributed by atoms with E-state index >= 15 is 0 Å². The zero-order chi connectivity index (χ0) is 12.8. The van der Waals surface area contributed by atoms with Crippen molar-refractivity contribution in [2.75, 3.05) is 13.1 Å². The van der Waals surface area contributed by atoms with E-state index in [0.29, 0.717) is 0 Å². The highest BCUT2D eigenvalue weighted by molar-refractivity contribution is 5.11. The first-order valence-electron chi connectivity index (χ1n) is 7.23. The zero-order valence-corrected chi connectivity index (χ0v) is 11.7. The normalized spacial score (nSPS) is 20.4. The van der Waals surface area contributed by atoms with Crippen LogP contribution in [0.1, 0.15) is 44.5 Å². The third-order valence-corrected chi connectivity index (χ3v) is 3.76. The van der Waals surface area contributed by atoms with Crippen molar-refractivity contribution in [1.82, 2.24) is 15.2 Å². The smallest absolute Gasteiger partial charge is 0.0547 e. The van der Waals surface area contributed by atoms with Gasteiger partial charge in [-0.1, -0.05) is 19.9 Å². The summed E-state index contributed by atoms with van der Waals surface area (Å²) in [7, 11) is 0. The summed E-state index contributed by atoms with van der Waals surface area (Å²) >= 11 is 0. The van der Waals surface area contributed by atoms with Gasteiger partial charge < -0.3 is 5.32 Å². The topological polar surface area (TPSA) is 28.2 Å². The molecule has 0 radical (unpaired) electrons. The fourth-order valence-electron chi connectivity index (χ4n) is 2.74. The summed E-state index contributed by atoms with van der Waals surface area (Å²) in [5.74, 6) is 0. The Morgan fingerprint density at radius 2 is 2.17 bits per heavy atom. The van der Waals surface area contributed by atoms with Crippen LogP contribution in [-0.4, -0.2) is 29.0 Å². The lowest BCUT2D eigenvalue weighted by molar-refractivity contribution is 0.237. The molecular formula is C15H25N3. The summed E-state index contributed by atoms with van der Waals surface area (Å²) in [4.78, 5) is 7.32. The van der Waals surface area contributed by atoms with E-state index in [1.54, 1.807) is 0 Å². The number of rotatable bonds is 6. The minimum atomic E-state index is 0.768. The van der Waals surface area contributed by atoms with Crippen LogP contribution in [0.3, 0.4) is 0 Å². The molecule has 1 aromatic heterocycles. The first-order valence-corrected chi connectivity index (χ1v) is 7.23. The molecule has 0 spiro atoms. The van der Waals surface area contributed by atoms with E-state index in [0.717, 1.165) is 31.4 Å². The molecule has 3 nitrogen and oxygen atoms in total. The number of nitrogens with one attached hydrogen (secondary N) is 1. The Bertz CT molecular complexity index is 365. The van der Waals surface area contributed by atoms with Crippen molar-refractivity contribution in [2.45, 2.75) is 52.2 Å². The number of hydrogen-bond acceptors (Lipinski definition) is 3. The highest BCUT2D eigenvalue weighted by Crippen LogP contribution is 2.21. The maximum atomic E-state index is 4.74. The number of pyridine rings is 1. The Hall–Kier alpha value is -0.930. The second kappa shape index (κ2) is 6.86. The van der Waals surface area contributed by atoms with Crippen LogP contribution in [0.2, 0.25) is 0 Å². The van der Waals surface area contributed by atoms with Gasteiger partial charge in [0.05, 0.1) is 11.4 Å². The highest BCUT2D eigenvalue weighted by Gasteiger charge is 2.22. The van der Waals surface area contributed by atoms with E-state index in [1.807, 2.05) is 0 Å². The van der Waals surface area contributed by atoms with Crippen molar-refractivity contribution in [2.24, 2.45) is 0 Å². The molecule has 1 atom stereocenters. The lowest BCUT2D eigenvalue weighted by atomic mass is 10.1. The van der Waals surface area contributed by atoms with E-state index < -0.39 is 0 Å². The molecule has 100 valence electrons. The molecule has 1 aliphatic rings. The SMILES string of the molecule is CCNCc1cccc(CN2CCCC2CC)n1. The molecule has 2 heterocycles. The number of hydrogen-bond donors (Lipinski definition) is 1. The van der Waals surface area contributed by atoms with E-state index in [4.69, 9.17) is 4.98 Å². The van der Waals surface area contributed by atoms with Crippen molar-refractivity contribution in [3.8, 4) is 0 Å². The molecule has 3 heteroatoms. The maximum absolute atomic E-state index is 4.74. The van der Waals surface area contributed by atoms with Gasteiger partial charge in [0.25, 0.3) is 0 Å². The minimum Gasteiger partial charge on any atom is -0.311 e. The second-order valence-electron chi connectivity index (χ2n) is 5.08. The Labute approximate surface area is 111 Å². The standard InChI is InChI=1S/C15H25N3/c1-3-15-9-6-10-18(15)12-14-8-5-7-13(17-14)11-16-4-2/h5,7-8,15-16H,3-4,6,9-12H2,1-2H3. The molecule has 18 heavy (non-hydrogen) atoms. The third kappa shape index (κ3) is 3.53. The van der Waals surface area contributed by atoms with E-state index in [1.165, 1.54) is 31.5 Å². The molecule has 1 aliphatic heterocycles. The van der Waals surface area contributed by atoms with Crippen LogP contribution in [0.25, 0.3) is 0 Å². The van der Waals surface area contributed by atoms with Crippen LogP contribution >= 0.6 is 0 Å². The van der Waals surface area contributed by atoms with Gasteiger partial charge in [0, 0.05) is 19.1 Å². The van der Waals surface area contributed by atoms with Crippen molar-refractivity contribution >= 4 is 0 Å². The Balaban J connectivity index is 1.96. The highest BCUT2D eigenvalue weighted by atomic mass is 15.2. The first kappa shape index (κ1) is 13.5. The summed E-state index contributed by atoms with van der Waals surface area (Å²) in [5, 5.41) is 3.33. The maximum Gasteiger partial charge on any atom is 0.0547 e. The van der Waals surface area contributed by atoms with E-state index in [-0.39, 0.29) is 0 Å². The molecule has 0 aliphatic carbocycles. The average molecular weight is 247 g/mol. The van der Waals surface area contributed by atoms with Crippen molar-refractivity contribution in [1.29, 1.82) is 0 Å². The quantitative estimate of drug-likeness (QED) is 0.837. The number of aromatic nitrogens is 1. The molecule has 1 N–H and O–H groups in total. The van der Waals surface area contributed by atoms with Crippen LogP contribution in [0.15, 0.2) is 18.2 Å². The van der Waals surface area contributed by atoms with Gasteiger partial charge in [-0.05, 0) is 44.5 Å². The molecular weight excluding hydrogens is 222 g/mol. The summed E-state index contributed by atoms with van der Waals surface area (Å²) in [6, 6.07) is 7.16. The fraction of sp³-hybridized carbons (Fsp3) is 0.667. The van der Waals surface area contributed by atoms with Gasteiger partial charge in [-0.2, -0.15) is 0 Å². The molecule has 0 amide bonds. The van der Waals surface area contributed by atoms with Gasteiger partial charge in [0.15, 0.2) is 0 Å². The largest absolute Gasteiger partial charge is 0.311 e. The van der Waals surface area contributed by atoms with Crippen LogP contribution in [0, 0.1) is 0 Å². The average Bonchev–Trinajstić information content (AvgIpc) is 2.84. The molecule has 2 rings (SSSR count). The van der Waals surface area contributed by atoms with Crippen LogP contribution in [0.4, 0.5) is 0 Å². The fourth-order valence-corrected chi connectivity index (χ4v) is 2.74. The van der Waals surface area contributed by atoms with Gasteiger partial charge in [0.2, 0.25) is 0 Å². The van der Waals surface area contributed by atoms with Crippen LogP contribution < -0.4 is 5.32 Å². The van der Waals surface area contributed by atoms with Gasteiger partial charge in [-0.15, -0.1) is 0 Å². The predicted octanol–water partition coefficient (Wildman–Crippen LogP) is 2.57.